The van der Waals surface area contributed by atoms with Crippen LogP contribution in [0.2, 0.25) is 0 Å². The van der Waals surface area contributed by atoms with E-state index in [1.807, 2.05) is 18.7 Å². The minimum absolute atomic E-state index is 0.0466. The molecule has 0 amide bonds. The molecule has 0 aromatic heterocycles. The highest BCUT2D eigenvalue weighted by Crippen LogP contribution is 2.36. The van der Waals surface area contributed by atoms with Crippen molar-refractivity contribution in [3.8, 4) is 0 Å². The zero-order valence-corrected chi connectivity index (χ0v) is 8.85. The zero-order valence-electron chi connectivity index (χ0n) is 8.03. The summed E-state index contributed by atoms with van der Waals surface area (Å²) in [5, 5.41) is -0.205. The molecule has 1 heterocycles. The minimum atomic E-state index is -0.205. The molecular formula is C9H13NO2S. The molecular weight excluding hydrogens is 186 g/mol. The first-order chi connectivity index (χ1) is 6.11. The Hall–Kier alpha value is -0.770. The van der Waals surface area contributed by atoms with E-state index in [1.165, 1.54) is 18.7 Å². The van der Waals surface area contributed by atoms with Crippen LogP contribution in [0.4, 0.5) is 0 Å². The summed E-state index contributed by atoms with van der Waals surface area (Å²) in [7, 11) is 0. The molecule has 0 saturated carbocycles. The normalized spacial score (nSPS) is 22.4. The van der Waals surface area contributed by atoms with E-state index in [0.29, 0.717) is 0 Å². The largest absolute Gasteiger partial charge is 0.356 e. The summed E-state index contributed by atoms with van der Waals surface area (Å²) in [5.74, 6) is 0.0466. The van der Waals surface area contributed by atoms with Crippen LogP contribution in [0.15, 0.2) is 10.6 Å². The van der Waals surface area contributed by atoms with Gasteiger partial charge >= 0.3 is 0 Å². The van der Waals surface area contributed by atoms with Gasteiger partial charge in [0.15, 0.2) is 12.1 Å². The van der Waals surface area contributed by atoms with Gasteiger partial charge in [-0.2, -0.15) is 0 Å². The molecule has 1 aliphatic rings. The van der Waals surface area contributed by atoms with Crippen molar-refractivity contribution in [1.29, 1.82) is 0 Å². The summed E-state index contributed by atoms with van der Waals surface area (Å²) < 4.78 is 0. The number of nitrogens with zero attached hydrogens (tertiary/aromatic N) is 1. The molecule has 1 atom stereocenters. The second-order valence-electron chi connectivity index (χ2n) is 2.90. The number of aldehydes is 1. The van der Waals surface area contributed by atoms with Gasteiger partial charge in [-0.25, -0.2) is 0 Å². The highest BCUT2D eigenvalue weighted by atomic mass is 32.2. The fourth-order valence-corrected chi connectivity index (χ4v) is 2.63. The second-order valence-corrected chi connectivity index (χ2v) is 4.03. The number of rotatable bonds is 3. The lowest BCUT2D eigenvalue weighted by atomic mass is 10.3. The molecule has 13 heavy (non-hydrogen) atoms. The van der Waals surface area contributed by atoms with Crippen molar-refractivity contribution in [2.45, 2.75) is 26.1 Å². The van der Waals surface area contributed by atoms with Crippen LogP contribution in [0, 0.1) is 0 Å². The molecule has 0 radical (unpaired) electrons. The third-order valence-corrected chi connectivity index (χ3v) is 3.51. The predicted molar refractivity (Wildman–Crippen MR) is 53.2 cm³/mol. The van der Waals surface area contributed by atoms with Gasteiger partial charge < -0.3 is 9.69 Å². The Bertz CT molecular complexity index is 273. The van der Waals surface area contributed by atoms with E-state index in [9.17, 15) is 9.59 Å². The Balaban J connectivity index is 2.93. The van der Waals surface area contributed by atoms with Gasteiger partial charge in [-0.15, -0.1) is 0 Å². The molecule has 0 aromatic rings. The first-order valence-electron chi connectivity index (χ1n) is 4.22. The average molecular weight is 199 g/mol. The monoisotopic (exact) mass is 199 g/mol. The third kappa shape index (κ3) is 1.77. The smallest absolute Gasteiger partial charge is 0.167 e. The topological polar surface area (TPSA) is 37.4 Å². The van der Waals surface area contributed by atoms with Crippen LogP contribution >= 0.6 is 11.8 Å². The molecule has 0 N–H and O–H groups in total. The highest BCUT2D eigenvalue weighted by Gasteiger charge is 2.30. The number of carbonyl (C=O) groups is 2. The number of likely N-dealkylation sites (N-methyl/N-ethyl adjacent to an activating group) is 1. The van der Waals surface area contributed by atoms with Crippen LogP contribution < -0.4 is 0 Å². The van der Waals surface area contributed by atoms with Crippen LogP contribution in [0.1, 0.15) is 20.8 Å². The average Bonchev–Trinajstić information content (AvgIpc) is 2.41. The first kappa shape index (κ1) is 10.3. The lowest BCUT2D eigenvalue weighted by Crippen LogP contribution is -2.28. The summed E-state index contributed by atoms with van der Waals surface area (Å²) in [6.45, 7) is 6.16. The van der Waals surface area contributed by atoms with E-state index < -0.39 is 0 Å². The van der Waals surface area contributed by atoms with E-state index in [1.54, 1.807) is 0 Å². The van der Waals surface area contributed by atoms with Gasteiger partial charge in [0.25, 0.3) is 0 Å². The standard InChI is InChI=1S/C9H13NO2S/c1-4-10-6(2)9(7(3)12)13-8(10)5-11/h5,8H,4H2,1-3H3. The number of hydrogen-bond acceptors (Lipinski definition) is 4. The molecule has 1 rings (SSSR count). The van der Waals surface area contributed by atoms with E-state index in [0.717, 1.165) is 23.4 Å². The van der Waals surface area contributed by atoms with Crippen molar-refractivity contribution in [1.82, 2.24) is 4.90 Å². The summed E-state index contributed by atoms with van der Waals surface area (Å²) >= 11 is 1.35. The van der Waals surface area contributed by atoms with Gasteiger partial charge in [-0.3, -0.25) is 4.79 Å². The number of allylic oxidation sites excluding steroid dienone is 2. The van der Waals surface area contributed by atoms with Gasteiger partial charge in [0.1, 0.15) is 5.37 Å². The summed E-state index contributed by atoms with van der Waals surface area (Å²) in [6, 6.07) is 0. The van der Waals surface area contributed by atoms with Crippen LogP contribution in [0.3, 0.4) is 0 Å². The van der Waals surface area contributed by atoms with Crippen LogP contribution in [0.5, 0.6) is 0 Å². The SMILES string of the molecule is CCN1C(C)=C(C(C)=O)SC1C=O. The summed E-state index contributed by atoms with van der Waals surface area (Å²) in [4.78, 5) is 24.5. The molecule has 4 heteroatoms. The Morgan fingerprint density at radius 3 is 2.62 bits per heavy atom. The molecule has 0 spiro atoms. The third-order valence-electron chi connectivity index (χ3n) is 2.08. The Labute approximate surface area is 82.2 Å². The molecule has 3 nitrogen and oxygen atoms in total. The Morgan fingerprint density at radius 2 is 2.31 bits per heavy atom. The molecule has 0 saturated heterocycles. The lowest BCUT2D eigenvalue weighted by Gasteiger charge is -2.21. The minimum Gasteiger partial charge on any atom is -0.356 e. The summed E-state index contributed by atoms with van der Waals surface area (Å²) in [6.07, 6.45) is 0.883. The number of thioether (sulfide) groups is 1. The van der Waals surface area contributed by atoms with Gasteiger partial charge in [0.05, 0.1) is 4.91 Å². The maximum absolute atomic E-state index is 11.2. The fourth-order valence-electron chi connectivity index (χ4n) is 1.45. The lowest BCUT2D eigenvalue weighted by molar-refractivity contribution is -0.113. The fraction of sp³-hybridized carbons (Fsp3) is 0.556. The van der Waals surface area contributed by atoms with E-state index in [4.69, 9.17) is 0 Å². The zero-order chi connectivity index (χ0) is 10.0. The number of carbonyl (C=O) groups excluding carboxylic acids is 2. The van der Waals surface area contributed by atoms with Crippen molar-refractivity contribution in [3.05, 3.63) is 10.6 Å². The van der Waals surface area contributed by atoms with Crippen LogP contribution in [0.25, 0.3) is 0 Å². The van der Waals surface area contributed by atoms with Crippen LogP contribution in [-0.4, -0.2) is 28.9 Å². The molecule has 1 aliphatic heterocycles. The van der Waals surface area contributed by atoms with Crippen molar-refractivity contribution >= 4 is 23.8 Å². The van der Waals surface area contributed by atoms with Crippen LogP contribution in [-0.2, 0) is 9.59 Å². The summed E-state index contributed by atoms with van der Waals surface area (Å²) in [5.41, 5.74) is 0.928. The maximum Gasteiger partial charge on any atom is 0.167 e. The highest BCUT2D eigenvalue weighted by molar-refractivity contribution is 8.05. The molecule has 0 aliphatic carbocycles. The van der Waals surface area contributed by atoms with E-state index in [-0.39, 0.29) is 11.2 Å². The number of hydrogen-bond donors (Lipinski definition) is 0. The molecule has 72 valence electrons. The van der Waals surface area contributed by atoms with E-state index >= 15 is 0 Å². The predicted octanol–water partition coefficient (Wildman–Crippen LogP) is 1.40. The molecule has 0 fully saturated rings. The Kier molecular flexibility index (Phi) is 3.14. The maximum atomic E-state index is 11.2. The van der Waals surface area contributed by atoms with Crippen molar-refractivity contribution in [2.24, 2.45) is 0 Å². The molecule has 0 bridgehead atoms. The number of ketones is 1. The van der Waals surface area contributed by atoms with Crippen molar-refractivity contribution in [3.63, 3.8) is 0 Å². The number of Topliss-reactive ketones (excluding diaryl/α,β-unsaturated/α-hetero) is 1. The molecule has 1 unspecified atom stereocenters. The van der Waals surface area contributed by atoms with Gasteiger partial charge in [-0.1, -0.05) is 11.8 Å². The quantitative estimate of drug-likeness (QED) is 0.644. The first-order valence-corrected chi connectivity index (χ1v) is 5.10. The van der Waals surface area contributed by atoms with E-state index in [2.05, 4.69) is 0 Å². The van der Waals surface area contributed by atoms with Gasteiger partial charge in [-0.05, 0) is 20.8 Å². The van der Waals surface area contributed by atoms with Crippen molar-refractivity contribution < 1.29 is 9.59 Å². The van der Waals surface area contributed by atoms with Gasteiger partial charge in [0.2, 0.25) is 0 Å². The van der Waals surface area contributed by atoms with Gasteiger partial charge in [0, 0.05) is 12.2 Å². The molecule has 0 aromatic carbocycles. The Morgan fingerprint density at radius 1 is 1.69 bits per heavy atom. The second kappa shape index (κ2) is 3.96. The van der Waals surface area contributed by atoms with Crippen molar-refractivity contribution in [2.75, 3.05) is 6.54 Å².